The van der Waals surface area contributed by atoms with Crippen LogP contribution in [-0.4, -0.2) is 17.5 Å². The largest absolute Gasteiger partial charge is 0.396 e. The number of ketones is 1. The Morgan fingerprint density at radius 2 is 2.04 bits per heavy atom. The van der Waals surface area contributed by atoms with Gasteiger partial charge >= 0.3 is 0 Å². The molecule has 2 nitrogen and oxygen atoms in total. The maximum Gasteiger partial charge on any atom is 0.182 e. The molecule has 1 rings (SSSR count). The van der Waals surface area contributed by atoms with Crippen LogP contribution in [0.15, 0.2) is 48.1 Å². The Bertz CT molecular complexity index is 468. The molecule has 0 aromatic rings. The molecule has 1 aliphatic carbocycles. The van der Waals surface area contributed by atoms with E-state index in [1.54, 1.807) is 6.08 Å². The lowest BCUT2D eigenvalue weighted by atomic mass is 9.97. The van der Waals surface area contributed by atoms with Crippen LogP contribution in [0, 0.1) is 11.8 Å². The lowest BCUT2D eigenvalue weighted by molar-refractivity contribution is -0.111. The average molecular weight is 331 g/mol. The van der Waals surface area contributed by atoms with Gasteiger partial charge in [0, 0.05) is 18.1 Å². The molecule has 134 valence electrons. The summed E-state index contributed by atoms with van der Waals surface area (Å²) in [5, 5.41) is 8.75. The topological polar surface area (TPSA) is 37.3 Å². The summed E-state index contributed by atoms with van der Waals surface area (Å²) in [7, 11) is 0. The highest BCUT2D eigenvalue weighted by Crippen LogP contribution is 2.25. The summed E-state index contributed by atoms with van der Waals surface area (Å²) in [5.41, 5.74) is 0.910. The van der Waals surface area contributed by atoms with Gasteiger partial charge in [-0.2, -0.15) is 0 Å². The number of aliphatic hydroxyl groups excluding tert-OH is 1. The fraction of sp³-hybridized carbons (Fsp3) is 0.591. The SMILES string of the molecule is CCCCC(C)CC=CC=C1C(=O)C=C[C@@H]1C/C=C\CCCCO. The van der Waals surface area contributed by atoms with Gasteiger partial charge in [0.25, 0.3) is 0 Å². The number of hydrogen-bond donors (Lipinski definition) is 1. The number of aliphatic hydroxyl groups is 1. The first-order valence-electron chi connectivity index (χ1n) is 9.54. The second-order valence-corrected chi connectivity index (χ2v) is 6.79. The fourth-order valence-electron chi connectivity index (χ4n) is 2.89. The standard InChI is InChI=1S/C22H34O2/c1-3-4-12-19(2)13-9-10-15-21-20(16-17-22(21)24)14-8-6-5-7-11-18-23/h6,8-10,15-17,19-20,23H,3-5,7,11-14,18H2,1-2H3/b8-6-,10-9?,21-15?/t19?,20-/m0/s1. The molecule has 0 amide bonds. The van der Waals surface area contributed by atoms with E-state index in [1.165, 1.54) is 19.3 Å². The Morgan fingerprint density at radius 1 is 1.21 bits per heavy atom. The number of allylic oxidation sites excluding steroid dienone is 8. The summed E-state index contributed by atoms with van der Waals surface area (Å²) in [5.74, 6) is 1.08. The molecule has 0 aromatic heterocycles. The molecule has 2 atom stereocenters. The molecular formula is C22H34O2. The van der Waals surface area contributed by atoms with Gasteiger partial charge < -0.3 is 5.11 Å². The molecule has 2 heteroatoms. The van der Waals surface area contributed by atoms with Crippen LogP contribution in [0.2, 0.25) is 0 Å². The molecule has 0 aromatic carbocycles. The van der Waals surface area contributed by atoms with Crippen molar-refractivity contribution < 1.29 is 9.90 Å². The average Bonchev–Trinajstić information content (AvgIpc) is 2.93. The van der Waals surface area contributed by atoms with Gasteiger partial charge in [0.1, 0.15) is 0 Å². The van der Waals surface area contributed by atoms with Gasteiger partial charge in [-0.1, -0.05) is 69.6 Å². The Labute approximate surface area is 148 Å². The van der Waals surface area contributed by atoms with Crippen molar-refractivity contribution in [3.05, 3.63) is 48.1 Å². The molecule has 0 radical (unpaired) electrons. The quantitative estimate of drug-likeness (QED) is 0.289. The Kier molecular flexibility index (Phi) is 11.1. The second-order valence-electron chi connectivity index (χ2n) is 6.79. The van der Waals surface area contributed by atoms with Crippen LogP contribution >= 0.6 is 0 Å². The Morgan fingerprint density at radius 3 is 2.79 bits per heavy atom. The van der Waals surface area contributed by atoms with Crippen LogP contribution in [0.1, 0.15) is 65.2 Å². The maximum atomic E-state index is 12.0. The van der Waals surface area contributed by atoms with Crippen molar-refractivity contribution in [1.82, 2.24) is 0 Å². The smallest absolute Gasteiger partial charge is 0.182 e. The second kappa shape index (κ2) is 12.9. The molecule has 1 unspecified atom stereocenters. The van der Waals surface area contributed by atoms with E-state index in [0.29, 0.717) is 0 Å². The number of hydrogen-bond acceptors (Lipinski definition) is 2. The first kappa shape index (κ1) is 20.6. The summed E-state index contributed by atoms with van der Waals surface area (Å²) in [4.78, 5) is 12.0. The highest BCUT2D eigenvalue weighted by atomic mass is 16.2. The van der Waals surface area contributed by atoms with Crippen molar-refractivity contribution in [3.8, 4) is 0 Å². The maximum absolute atomic E-state index is 12.0. The summed E-state index contributed by atoms with van der Waals surface area (Å²) >= 11 is 0. The normalized spacial score (nSPS) is 20.9. The van der Waals surface area contributed by atoms with Gasteiger partial charge in [-0.05, 0) is 44.1 Å². The van der Waals surface area contributed by atoms with Crippen LogP contribution < -0.4 is 0 Å². The monoisotopic (exact) mass is 330 g/mol. The first-order chi connectivity index (χ1) is 11.7. The van der Waals surface area contributed by atoms with Crippen LogP contribution in [0.4, 0.5) is 0 Å². The third-order valence-corrected chi connectivity index (χ3v) is 4.50. The third-order valence-electron chi connectivity index (χ3n) is 4.50. The predicted molar refractivity (Wildman–Crippen MR) is 103 cm³/mol. The van der Waals surface area contributed by atoms with E-state index in [0.717, 1.165) is 43.6 Å². The molecule has 1 aliphatic rings. The molecule has 24 heavy (non-hydrogen) atoms. The lowest BCUT2D eigenvalue weighted by Gasteiger charge is -2.07. The van der Waals surface area contributed by atoms with Gasteiger partial charge in [-0.25, -0.2) is 0 Å². The molecule has 0 spiro atoms. The van der Waals surface area contributed by atoms with Gasteiger partial charge in [0.05, 0.1) is 0 Å². The van der Waals surface area contributed by atoms with Gasteiger partial charge in [-0.15, -0.1) is 0 Å². The lowest BCUT2D eigenvalue weighted by Crippen LogP contribution is -2.01. The van der Waals surface area contributed by atoms with Gasteiger partial charge in [-0.3, -0.25) is 4.79 Å². The zero-order chi connectivity index (χ0) is 17.6. The van der Waals surface area contributed by atoms with Crippen LogP contribution in [-0.2, 0) is 4.79 Å². The van der Waals surface area contributed by atoms with E-state index in [-0.39, 0.29) is 18.3 Å². The molecule has 0 fully saturated rings. The number of carbonyl (C=O) groups excluding carboxylic acids is 1. The number of unbranched alkanes of at least 4 members (excludes halogenated alkanes) is 3. The predicted octanol–water partition coefficient (Wildman–Crippen LogP) is 5.55. The molecular weight excluding hydrogens is 296 g/mol. The van der Waals surface area contributed by atoms with Crippen molar-refractivity contribution in [2.45, 2.75) is 65.2 Å². The van der Waals surface area contributed by atoms with E-state index in [9.17, 15) is 4.79 Å². The van der Waals surface area contributed by atoms with E-state index in [4.69, 9.17) is 5.11 Å². The van der Waals surface area contributed by atoms with E-state index >= 15 is 0 Å². The zero-order valence-corrected chi connectivity index (χ0v) is 15.4. The van der Waals surface area contributed by atoms with Crippen LogP contribution in [0.5, 0.6) is 0 Å². The molecule has 0 saturated carbocycles. The summed E-state index contributed by atoms with van der Waals surface area (Å²) in [6.07, 6.45) is 23.0. The summed E-state index contributed by atoms with van der Waals surface area (Å²) in [6, 6.07) is 0. The Balaban J connectivity index is 2.41. The van der Waals surface area contributed by atoms with Gasteiger partial charge in [0.2, 0.25) is 0 Å². The van der Waals surface area contributed by atoms with Gasteiger partial charge in [0.15, 0.2) is 5.78 Å². The molecule has 0 aliphatic heterocycles. The van der Waals surface area contributed by atoms with E-state index < -0.39 is 0 Å². The molecule has 0 bridgehead atoms. The summed E-state index contributed by atoms with van der Waals surface area (Å²) < 4.78 is 0. The fourth-order valence-corrected chi connectivity index (χ4v) is 2.89. The number of carbonyl (C=O) groups is 1. The Hall–Kier alpha value is -1.41. The van der Waals surface area contributed by atoms with Crippen molar-refractivity contribution in [1.29, 1.82) is 0 Å². The third kappa shape index (κ3) is 8.44. The number of rotatable bonds is 12. The summed E-state index contributed by atoms with van der Waals surface area (Å²) in [6.45, 7) is 4.79. The van der Waals surface area contributed by atoms with Crippen molar-refractivity contribution in [2.24, 2.45) is 11.8 Å². The molecule has 0 heterocycles. The first-order valence-corrected chi connectivity index (χ1v) is 9.54. The van der Waals surface area contributed by atoms with Crippen LogP contribution in [0.25, 0.3) is 0 Å². The van der Waals surface area contributed by atoms with E-state index in [1.807, 2.05) is 12.2 Å². The van der Waals surface area contributed by atoms with Crippen molar-refractivity contribution >= 4 is 5.78 Å². The minimum atomic E-state index is 0.150. The minimum absolute atomic E-state index is 0.150. The van der Waals surface area contributed by atoms with Crippen molar-refractivity contribution in [3.63, 3.8) is 0 Å². The minimum Gasteiger partial charge on any atom is -0.396 e. The zero-order valence-electron chi connectivity index (χ0n) is 15.4. The highest BCUT2D eigenvalue weighted by molar-refractivity contribution is 6.07. The van der Waals surface area contributed by atoms with Crippen LogP contribution in [0.3, 0.4) is 0 Å². The highest BCUT2D eigenvalue weighted by Gasteiger charge is 2.20. The molecule has 1 N–H and O–H groups in total. The molecule has 0 saturated heterocycles. The van der Waals surface area contributed by atoms with E-state index in [2.05, 4.69) is 38.2 Å². The van der Waals surface area contributed by atoms with Crippen molar-refractivity contribution in [2.75, 3.05) is 6.61 Å².